The minimum absolute atomic E-state index is 0.252. The normalized spacial score (nSPS) is 53.4. The molecule has 1 saturated carbocycles. The van der Waals surface area contributed by atoms with E-state index in [1.807, 2.05) is 0 Å². The Labute approximate surface area is 123 Å². The molecule has 2 bridgehead atoms. The van der Waals surface area contributed by atoms with E-state index >= 15 is 0 Å². The van der Waals surface area contributed by atoms with Gasteiger partial charge in [0, 0.05) is 0 Å². The van der Waals surface area contributed by atoms with E-state index in [4.69, 9.17) is 10.5 Å². The van der Waals surface area contributed by atoms with Crippen LogP contribution >= 0.6 is 0 Å². The van der Waals surface area contributed by atoms with E-state index in [1.54, 1.807) is 0 Å². The van der Waals surface area contributed by atoms with Gasteiger partial charge < -0.3 is 51.2 Å². The molecule has 0 aromatic carbocycles. The van der Waals surface area contributed by atoms with Gasteiger partial charge >= 0.3 is 0 Å². The zero-order valence-corrected chi connectivity index (χ0v) is 11.2. The molecule has 3 aliphatic rings. The highest BCUT2D eigenvalue weighted by molar-refractivity contribution is 5.83. The van der Waals surface area contributed by atoms with Crippen molar-refractivity contribution in [2.75, 3.05) is 6.61 Å². The molecule has 0 spiro atoms. The molecule has 2 fully saturated rings. The summed E-state index contributed by atoms with van der Waals surface area (Å²) in [5, 5.41) is 64.1. The van der Waals surface area contributed by atoms with Crippen molar-refractivity contribution in [3.05, 3.63) is 0 Å². The largest absolute Gasteiger partial charge is 0.547 e. The molecule has 0 aromatic heterocycles. The predicted molar refractivity (Wildman–Crippen MR) is 64.7 cm³/mol. The lowest BCUT2D eigenvalue weighted by Crippen LogP contribution is -2.83. The number of aliphatic imine (C=N–C) groups is 1. The van der Waals surface area contributed by atoms with Crippen molar-refractivity contribution in [1.29, 1.82) is 0 Å². The Bertz CT molecular complexity index is 543. The summed E-state index contributed by atoms with van der Waals surface area (Å²) in [4.78, 5) is 15.1. The number of nitrogens with one attached hydrogen (secondary N) is 1. The van der Waals surface area contributed by atoms with Crippen molar-refractivity contribution in [2.45, 2.75) is 41.8 Å². The van der Waals surface area contributed by atoms with Crippen molar-refractivity contribution in [3.63, 3.8) is 0 Å². The second kappa shape index (κ2) is 4.50. The molecule has 124 valence electrons. The second-order valence-electron chi connectivity index (χ2n) is 5.81. The molecule has 6 unspecified atom stereocenters. The van der Waals surface area contributed by atoms with Gasteiger partial charge in [-0.1, -0.05) is 0 Å². The highest BCUT2D eigenvalue weighted by atomic mass is 16.5. The fraction of sp³-hybridized carbons (Fsp3) is 0.818. The van der Waals surface area contributed by atoms with Crippen LogP contribution in [0.3, 0.4) is 0 Å². The number of carboxylic acid groups (broad SMARTS) is 1. The fourth-order valence-corrected chi connectivity index (χ4v) is 3.70. The van der Waals surface area contributed by atoms with Crippen molar-refractivity contribution >= 4 is 11.9 Å². The highest BCUT2D eigenvalue weighted by Gasteiger charge is 2.74. The number of carbonyl (C=O) groups excluding carboxylic acids is 1. The number of aliphatic hydroxyl groups excluding tert-OH is 4. The molecule has 2 heterocycles. The Morgan fingerprint density at radius 2 is 2.00 bits per heavy atom. The summed E-state index contributed by atoms with van der Waals surface area (Å²) in [7, 11) is 0. The van der Waals surface area contributed by atoms with E-state index in [1.165, 1.54) is 0 Å². The third-order valence-corrected chi connectivity index (χ3v) is 4.80. The zero-order chi connectivity index (χ0) is 16.4. The van der Waals surface area contributed by atoms with Gasteiger partial charge in [-0.05, 0) is 0 Å². The van der Waals surface area contributed by atoms with Crippen LogP contribution in [0.4, 0.5) is 0 Å². The van der Waals surface area contributed by atoms with Gasteiger partial charge in [-0.2, -0.15) is 0 Å². The third-order valence-electron chi connectivity index (χ3n) is 4.80. The van der Waals surface area contributed by atoms with Gasteiger partial charge in [0.25, 0.3) is 0 Å². The van der Waals surface area contributed by atoms with Gasteiger partial charge in [-0.3, -0.25) is 0 Å². The molecule has 11 heteroatoms. The van der Waals surface area contributed by atoms with Crippen LogP contribution in [0.5, 0.6) is 0 Å². The maximum absolute atomic E-state index is 11.3. The Balaban J connectivity index is 2.17. The standard InChI is InChI=1S/C11H17N3O8/c12-9-13-7-2-3(16)10(21,1-15)4(17)5(18)11(2,14-9)6(22-7)8(19)20/h2-7,15-18,21H,1H2,(H,19,20)(H3,12,13,14)/p-1/t2?,3?,4?,5-,6-,7?,10?,11?/m1/s1. The molecule has 8 N–H and O–H groups in total. The SMILES string of the molecule is NC1=NC2O[C@H](C(=O)[O-])C3(N1)C2C(O)C(O)(CO)C(O)[C@H]3O. The molecule has 0 aromatic rings. The Hall–Kier alpha value is -1.50. The van der Waals surface area contributed by atoms with E-state index in [0.29, 0.717) is 0 Å². The average Bonchev–Trinajstić information content (AvgIpc) is 2.69. The van der Waals surface area contributed by atoms with E-state index in [9.17, 15) is 35.4 Å². The van der Waals surface area contributed by atoms with Crippen LogP contribution in [0, 0.1) is 5.92 Å². The predicted octanol–water partition coefficient (Wildman–Crippen LogP) is -6.45. The van der Waals surface area contributed by atoms with E-state index in [-0.39, 0.29) is 5.96 Å². The van der Waals surface area contributed by atoms with Crippen LogP contribution in [0.1, 0.15) is 0 Å². The van der Waals surface area contributed by atoms with Gasteiger partial charge in [0.15, 0.2) is 12.2 Å². The van der Waals surface area contributed by atoms with E-state index in [2.05, 4.69) is 10.3 Å². The molecule has 1 aliphatic carbocycles. The van der Waals surface area contributed by atoms with E-state index in [0.717, 1.165) is 0 Å². The molecule has 0 amide bonds. The Morgan fingerprint density at radius 3 is 2.55 bits per heavy atom. The topological polar surface area (TPSA) is 201 Å². The second-order valence-corrected chi connectivity index (χ2v) is 5.81. The number of hydrogen-bond donors (Lipinski definition) is 7. The number of carboxylic acids is 1. The monoisotopic (exact) mass is 318 g/mol. The molecule has 11 nitrogen and oxygen atoms in total. The highest BCUT2D eigenvalue weighted by Crippen LogP contribution is 2.51. The Kier molecular flexibility index (Phi) is 3.15. The van der Waals surface area contributed by atoms with Gasteiger partial charge in [0.1, 0.15) is 29.5 Å². The molecular weight excluding hydrogens is 302 g/mol. The van der Waals surface area contributed by atoms with Gasteiger partial charge in [-0.15, -0.1) is 0 Å². The summed E-state index contributed by atoms with van der Waals surface area (Å²) in [6, 6.07) is 0. The molecule has 0 radical (unpaired) electrons. The van der Waals surface area contributed by atoms with Crippen LogP contribution in [0.25, 0.3) is 0 Å². The number of carbonyl (C=O) groups is 1. The number of nitrogens with two attached hydrogens (primary N) is 1. The smallest absolute Gasteiger partial charge is 0.191 e. The quantitative estimate of drug-likeness (QED) is 0.256. The minimum Gasteiger partial charge on any atom is -0.547 e. The third kappa shape index (κ3) is 1.55. The Morgan fingerprint density at radius 1 is 1.36 bits per heavy atom. The first-order valence-electron chi connectivity index (χ1n) is 6.55. The lowest BCUT2D eigenvalue weighted by Gasteiger charge is -2.56. The number of aliphatic hydroxyl groups is 5. The maximum Gasteiger partial charge on any atom is 0.191 e. The number of rotatable bonds is 2. The van der Waals surface area contributed by atoms with Gasteiger partial charge in [0.05, 0.1) is 24.6 Å². The molecule has 22 heavy (non-hydrogen) atoms. The van der Waals surface area contributed by atoms with Gasteiger partial charge in [0.2, 0.25) is 0 Å². The van der Waals surface area contributed by atoms with Crippen LogP contribution in [0.15, 0.2) is 4.99 Å². The lowest BCUT2D eigenvalue weighted by molar-refractivity contribution is -0.321. The van der Waals surface area contributed by atoms with E-state index < -0.39 is 60.3 Å². The molecule has 8 atom stereocenters. The van der Waals surface area contributed by atoms with Crippen LogP contribution < -0.4 is 16.2 Å². The van der Waals surface area contributed by atoms with Crippen LogP contribution in [0.2, 0.25) is 0 Å². The lowest BCUT2D eigenvalue weighted by atomic mass is 9.60. The molecule has 3 rings (SSSR count). The average molecular weight is 318 g/mol. The maximum atomic E-state index is 11.3. The summed E-state index contributed by atoms with van der Waals surface area (Å²) in [5.41, 5.74) is 1.11. The number of nitrogens with zero attached hydrogens (tertiary/aromatic N) is 1. The van der Waals surface area contributed by atoms with Crippen LogP contribution in [-0.2, 0) is 9.53 Å². The van der Waals surface area contributed by atoms with Crippen molar-refractivity contribution < 1.29 is 40.2 Å². The molecule has 1 saturated heterocycles. The fourth-order valence-electron chi connectivity index (χ4n) is 3.70. The molecule has 2 aliphatic heterocycles. The first kappa shape index (κ1) is 15.4. The van der Waals surface area contributed by atoms with Crippen LogP contribution in [-0.4, -0.2) is 85.9 Å². The first-order valence-corrected chi connectivity index (χ1v) is 6.55. The number of ether oxygens (including phenoxy) is 1. The summed E-state index contributed by atoms with van der Waals surface area (Å²) >= 11 is 0. The summed E-state index contributed by atoms with van der Waals surface area (Å²) in [6.07, 6.45) is -8.91. The van der Waals surface area contributed by atoms with Crippen molar-refractivity contribution in [1.82, 2.24) is 5.32 Å². The molecular formula is C11H16N3O8-. The zero-order valence-electron chi connectivity index (χ0n) is 11.2. The number of guanidine groups is 1. The number of hydrogen-bond acceptors (Lipinski definition) is 11. The summed E-state index contributed by atoms with van der Waals surface area (Å²) in [5.74, 6) is -3.24. The van der Waals surface area contributed by atoms with Crippen molar-refractivity contribution in [2.24, 2.45) is 16.6 Å². The summed E-state index contributed by atoms with van der Waals surface area (Å²) in [6.45, 7) is -1.07. The summed E-state index contributed by atoms with van der Waals surface area (Å²) < 4.78 is 5.17. The first-order chi connectivity index (χ1) is 10.2. The van der Waals surface area contributed by atoms with Gasteiger partial charge in [-0.25, -0.2) is 4.99 Å². The minimum atomic E-state index is -2.47. The van der Waals surface area contributed by atoms with Crippen molar-refractivity contribution in [3.8, 4) is 0 Å². The number of aliphatic carboxylic acids is 1.